The van der Waals surface area contributed by atoms with Gasteiger partial charge in [0.2, 0.25) is 0 Å². The molecule has 3 heteroatoms. The van der Waals surface area contributed by atoms with E-state index in [1.807, 2.05) is 0 Å². The molecule has 0 aliphatic rings. The number of hydrogen-bond acceptors (Lipinski definition) is 2. The van der Waals surface area contributed by atoms with Crippen molar-refractivity contribution in [1.29, 1.82) is 0 Å². The molecule has 18 heavy (non-hydrogen) atoms. The van der Waals surface area contributed by atoms with E-state index in [-0.39, 0.29) is 6.04 Å². The zero-order valence-corrected chi connectivity index (χ0v) is 13.4. The zero-order chi connectivity index (χ0) is 13.1. The van der Waals surface area contributed by atoms with Gasteiger partial charge in [-0.15, -0.1) is 11.3 Å². The molecule has 0 aliphatic heterocycles. The second kappa shape index (κ2) is 6.00. The predicted octanol–water partition coefficient (Wildman–Crippen LogP) is 4.83. The van der Waals surface area contributed by atoms with E-state index < -0.39 is 0 Å². The highest BCUT2D eigenvalue weighted by Crippen LogP contribution is 2.35. The summed E-state index contributed by atoms with van der Waals surface area (Å²) in [6.45, 7) is 7.49. The minimum absolute atomic E-state index is 0.283. The van der Waals surface area contributed by atoms with Crippen molar-refractivity contribution in [3.8, 4) is 0 Å². The SMILES string of the molecule is CCNC(c1sccc1Br)c1c(C)cccc1C. The van der Waals surface area contributed by atoms with Crippen LogP contribution in [0.15, 0.2) is 34.1 Å². The summed E-state index contributed by atoms with van der Waals surface area (Å²) in [4.78, 5) is 1.36. The van der Waals surface area contributed by atoms with Crippen LogP contribution in [0.4, 0.5) is 0 Å². The van der Waals surface area contributed by atoms with Gasteiger partial charge in [-0.25, -0.2) is 0 Å². The first-order valence-electron chi connectivity index (χ1n) is 6.17. The molecule has 0 radical (unpaired) electrons. The van der Waals surface area contributed by atoms with E-state index in [4.69, 9.17) is 0 Å². The first kappa shape index (κ1) is 13.8. The Morgan fingerprint density at radius 3 is 2.39 bits per heavy atom. The lowest BCUT2D eigenvalue weighted by Gasteiger charge is -2.22. The van der Waals surface area contributed by atoms with Gasteiger partial charge in [-0.2, -0.15) is 0 Å². The highest BCUT2D eigenvalue weighted by Gasteiger charge is 2.20. The Morgan fingerprint density at radius 2 is 1.89 bits per heavy atom. The van der Waals surface area contributed by atoms with E-state index in [1.165, 1.54) is 26.0 Å². The van der Waals surface area contributed by atoms with Crippen LogP contribution in [0.2, 0.25) is 0 Å². The number of halogens is 1. The molecule has 2 aromatic rings. The molecular formula is C15H18BrNS. The van der Waals surface area contributed by atoms with Crippen LogP contribution in [0, 0.1) is 13.8 Å². The number of thiophene rings is 1. The molecule has 0 bridgehead atoms. The van der Waals surface area contributed by atoms with Crippen molar-refractivity contribution in [3.05, 3.63) is 55.7 Å². The fraction of sp³-hybridized carbons (Fsp3) is 0.333. The maximum Gasteiger partial charge on any atom is 0.0687 e. The standard InChI is InChI=1S/C15H18BrNS/c1-4-17-14(15-12(16)8-9-18-15)13-10(2)6-5-7-11(13)3/h5-9,14,17H,4H2,1-3H3. The van der Waals surface area contributed by atoms with E-state index >= 15 is 0 Å². The van der Waals surface area contributed by atoms with Gasteiger partial charge in [-0.1, -0.05) is 25.1 Å². The van der Waals surface area contributed by atoms with Crippen LogP contribution in [0.3, 0.4) is 0 Å². The first-order valence-corrected chi connectivity index (χ1v) is 7.84. The number of hydrogen-bond donors (Lipinski definition) is 1. The van der Waals surface area contributed by atoms with Gasteiger partial charge in [0.25, 0.3) is 0 Å². The molecule has 0 amide bonds. The average Bonchev–Trinajstić information content (AvgIpc) is 2.74. The van der Waals surface area contributed by atoms with Gasteiger partial charge >= 0.3 is 0 Å². The minimum atomic E-state index is 0.283. The second-order valence-corrected chi connectivity index (χ2v) is 6.23. The van der Waals surface area contributed by atoms with Crippen molar-refractivity contribution < 1.29 is 0 Å². The van der Waals surface area contributed by atoms with Crippen LogP contribution in [-0.2, 0) is 0 Å². The van der Waals surface area contributed by atoms with Gasteiger partial charge in [0.05, 0.1) is 6.04 Å². The average molecular weight is 324 g/mol. The van der Waals surface area contributed by atoms with Gasteiger partial charge in [0.15, 0.2) is 0 Å². The molecule has 1 atom stereocenters. The minimum Gasteiger partial charge on any atom is -0.306 e. The van der Waals surface area contributed by atoms with Crippen LogP contribution >= 0.6 is 27.3 Å². The molecule has 1 nitrogen and oxygen atoms in total. The van der Waals surface area contributed by atoms with Crippen LogP contribution < -0.4 is 5.32 Å². The summed E-state index contributed by atoms with van der Waals surface area (Å²) in [6, 6.07) is 8.91. The molecule has 1 N–H and O–H groups in total. The molecule has 1 aromatic heterocycles. The van der Waals surface area contributed by atoms with Crippen molar-refractivity contribution in [2.75, 3.05) is 6.54 Å². The highest BCUT2D eigenvalue weighted by molar-refractivity contribution is 9.10. The summed E-state index contributed by atoms with van der Waals surface area (Å²) in [5.74, 6) is 0. The molecule has 1 heterocycles. The van der Waals surface area contributed by atoms with Crippen molar-refractivity contribution in [1.82, 2.24) is 5.32 Å². The van der Waals surface area contributed by atoms with E-state index in [0.29, 0.717) is 0 Å². The summed E-state index contributed by atoms with van der Waals surface area (Å²) >= 11 is 5.45. The summed E-state index contributed by atoms with van der Waals surface area (Å²) in [5.41, 5.74) is 4.10. The smallest absolute Gasteiger partial charge is 0.0687 e. The molecule has 1 unspecified atom stereocenters. The lowest BCUT2D eigenvalue weighted by molar-refractivity contribution is 0.632. The molecular weight excluding hydrogens is 306 g/mol. The Balaban J connectivity index is 2.52. The Kier molecular flexibility index (Phi) is 4.60. The molecule has 0 saturated heterocycles. The third-order valence-electron chi connectivity index (χ3n) is 3.15. The van der Waals surface area contributed by atoms with Crippen molar-refractivity contribution in [2.45, 2.75) is 26.8 Å². The van der Waals surface area contributed by atoms with Crippen LogP contribution in [-0.4, -0.2) is 6.54 Å². The van der Waals surface area contributed by atoms with Crippen molar-refractivity contribution >= 4 is 27.3 Å². The van der Waals surface area contributed by atoms with Crippen molar-refractivity contribution in [2.24, 2.45) is 0 Å². The van der Waals surface area contributed by atoms with E-state index in [1.54, 1.807) is 11.3 Å². The molecule has 0 saturated carbocycles. The molecule has 0 spiro atoms. The molecule has 1 aromatic carbocycles. The van der Waals surface area contributed by atoms with Crippen LogP contribution in [0.5, 0.6) is 0 Å². The summed E-state index contributed by atoms with van der Waals surface area (Å²) < 4.78 is 1.20. The Bertz CT molecular complexity index is 513. The lowest BCUT2D eigenvalue weighted by atomic mass is 9.95. The molecule has 2 rings (SSSR count). The normalized spacial score (nSPS) is 12.7. The monoisotopic (exact) mass is 323 g/mol. The third-order valence-corrected chi connectivity index (χ3v) is 5.08. The van der Waals surface area contributed by atoms with Gasteiger partial charge in [0, 0.05) is 9.35 Å². The largest absolute Gasteiger partial charge is 0.306 e. The summed E-state index contributed by atoms with van der Waals surface area (Å²) in [6.07, 6.45) is 0. The fourth-order valence-electron chi connectivity index (χ4n) is 2.32. The van der Waals surface area contributed by atoms with Gasteiger partial charge in [0.1, 0.15) is 0 Å². The van der Waals surface area contributed by atoms with Gasteiger partial charge in [-0.05, 0) is 64.5 Å². The van der Waals surface area contributed by atoms with E-state index in [2.05, 4.69) is 71.7 Å². The highest BCUT2D eigenvalue weighted by atomic mass is 79.9. The number of benzene rings is 1. The number of nitrogens with one attached hydrogen (secondary N) is 1. The first-order chi connectivity index (χ1) is 8.65. The number of aryl methyl sites for hydroxylation is 2. The maximum atomic E-state index is 3.65. The van der Waals surface area contributed by atoms with Crippen LogP contribution in [0.25, 0.3) is 0 Å². The third kappa shape index (κ3) is 2.68. The summed E-state index contributed by atoms with van der Waals surface area (Å²) in [5, 5.41) is 5.74. The van der Waals surface area contributed by atoms with E-state index in [0.717, 1.165) is 6.54 Å². The Hall–Kier alpha value is -0.640. The lowest BCUT2D eigenvalue weighted by Crippen LogP contribution is -2.23. The number of rotatable bonds is 4. The Morgan fingerprint density at radius 1 is 1.22 bits per heavy atom. The van der Waals surface area contributed by atoms with E-state index in [9.17, 15) is 0 Å². The van der Waals surface area contributed by atoms with Gasteiger partial charge in [-0.3, -0.25) is 0 Å². The van der Waals surface area contributed by atoms with Crippen LogP contribution in [0.1, 0.15) is 34.5 Å². The van der Waals surface area contributed by atoms with Crippen molar-refractivity contribution in [3.63, 3.8) is 0 Å². The quantitative estimate of drug-likeness (QED) is 0.850. The zero-order valence-electron chi connectivity index (χ0n) is 11.0. The maximum absolute atomic E-state index is 3.65. The summed E-state index contributed by atoms with van der Waals surface area (Å²) in [7, 11) is 0. The topological polar surface area (TPSA) is 12.0 Å². The van der Waals surface area contributed by atoms with Gasteiger partial charge < -0.3 is 5.32 Å². The fourth-order valence-corrected chi connectivity index (χ4v) is 4.01. The second-order valence-electron chi connectivity index (χ2n) is 4.43. The Labute approximate surface area is 121 Å². The predicted molar refractivity (Wildman–Crippen MR) is 83.5 cm³/mol. The molecule has 0 aliphatic carbocycles. The molecule has 0 fully saturated rings. The molecule has 96 valence electrons.